The Balaban J connectivity index is 1.43. The fourth-order valence-corrected chi connectivity index (χ4v) is 4.00. The molecular weight excluding hydrogens is 406 g/mol. The van der Waals surface area contributed by atoms with E-state index in [-0.39, 0.29) is 30.3 Å². The van der Waals surface area contributed by atoms with Crippen LogP contribution < -0.4 is 5.32 Å². The number of esters is 1. The Labute approximate surface area is 187 Å². The molecule has 3 aromatic rings. The molecule has 166 valence electrons. The molecular formula is C25H27N3O4. The van der Waals surface area contributed by atoms with Gasteiger partial charge in [0.2, 0.25) is 11.7 Å². The zero-order chi connectivity index (χ0) is 22.7. The molecule has 4 rings (SSSR count). The lowest BCUT2D eigenvalue weighted by atomic mass is 9.97. The maximum atomic E-state index is 12.2. The summed E-state index contributed by atoms with van der Waals surface area (Å²) in [6.07, 6.45) is 1.69. The zero-order valence-electron chi connectivity index (χ0n) is 18.5. The summed E-state index contributed by atoms with van der Waals surface area (Å²) < 4.78 is 10.1. The van der Waals surface area contributed by atoms with Gasteiger partial charge < -0.3 is 14.6 Å². The Morgan fingerprint density at radius 3 is 2.47 bits per heavy atom. The van der Waals surface area contributed by atoms with Crippen molar-refractivity contribution in [2.45, 2.75) is 39.2 Å². The molecule has 0 radical (unpaired) electrons. The summed E-state index contributed by atoms with van der Waals surface area (Å²) in [5.74, 6) is 0.745. The maximum absolute atomic E-state index is 12.2. The van der Waals surface area contributed by atoms with Gasteiger partial charge in [-0.2, -0.15) is 4.98 Å². The lowest BCUT2D eigenvalue weighted by Crippen LogP contribution is -2.23. The molecule has 1 aliphatic rings. The third-order valence-electron chi connectivity index (χ3n) is 5.69. The minimum Gasteiger partial charge on any atom is -0.469 e. The SMILES string of the molecule is COC(=O)CC1CC(c2ccc(-c3noc(-c4ccc(CC(C)C)cc4)n3)cc2)NC1=O. The summed E-state index contributed by atoms with van der Waals surface area (Å²) in [5.41, 5.74) is 3.97. The topological polar surface area (TPSA) is 94.3 Å². The average molecular weight is 434 g/mol. The highest BCUT2D eigenvalue weighted by atomic mass is 16.5. The summed E-state index contributed by atoms with van der Waals surface area (Å²) in [4.78, 5) is 28.2. The lowest BCUT2D eigenvalue weighted by molar-refractivity contribution is -0.143. The van der Waals surface area contributed by atoms with Gasteiger partial charge in [0.15, 0.2) is 0 Å². The number of hydrogen-bond donors (Lipinski definition) is 1. The van der Waals surface area contributed by atoms with Crippen LogP contribution in [0.2, 0.25) is 0 Å². The first kappa shape index (κ1) is 21.7. The Hall–Kier alpha value is -3.48. The minimum absolute atomic E-state index is 0.0982. The number of nitrogens with zero attached hydrogens (tertiary/aromatic N) is 2. The number of carbonyl (C=O) groups is 2. The first-order chi connectivity index (χ1) is 15.4. The molecule has 32 heavy (non-hydrogen) atoms. The second kappa shape index (κ2) is 9.34. The molecule has 2 unspecified atom stereocenters. The Kier molecular flexibility index (Phi) is 6.35. The molecule has 0 aliphatic carbocycles. The molecule has 1 amide bonds. The Morgan fingerprint density at radius 2 is 1.81 bits per heavy atom. The normalized spacial score (nSPS) is 18.1. The van der Waals surface area contributed by atoms with E-state index < -0.39 is 0 Å². The van der Waals surface area contributed by atoms with Gasteiger partial charge in [0.1, 0.15) is 0 Å². The van der Waals surface area contributed by atoms with E-state index in [0.717, 1.165) is 23.1 Å². The second-order valence-corrected chi connectivity index (χ2v) is 8.61. The molecule has 0 saturated carbocycles. The van der Waals surface area contributed by atoms with Crippen molar-refractivity contribution in [3.05, 3.63) is 59.7 Å². The van der Waals surface area contributed by atoms with E-state index in [1.165, 1.54) is 12.7 Å². The second-order valence-electron chi connectivity index (χ2n) is 8.61. The van der Waals surface area contributed by atoms with Gasteiger partial charge in [-0.25, -0.2) is 0 Å². The number of amides is 1. The van der Waals surface area contributed by atoms with E-state index in [1.54, 1.807) is 0 Å². The van der Waals surface area contributed by atoms with Gasteiger partial charge in [-0.3, -0.25) is 9.59 Å². The molecule has 0 bridgehead atoms. The van der Waals surface area contributed by atoms with Crippen LogP contribution in [0.15, 0.2) is 53.1 Å². The summed E-state index contributed by atoms with van der Waals surface area (Å²) in [6.45, 7) is 4.40. The smallest absolute Gasteiger partial charge is 0.306 e. The van der Waals surface area contributed by atoms with Gasteiger partial charge in [0.05, 0.1) is 25.5 Å². The number of nitrogens with one attached hydrogen (secondary N) is 1. The Morgan fingerprint density at radius 1 is 1.12 bits per heavy atom. The van der Waals surface area contributed by atoms with Crippen LogP contribution in [0, 0.1) is 11.8 Å². The fraction of sp³-hybridized carbons (Fsp3) is 0.360. The van der Waals surface area contributed by atoms with E-state index in [4.69, 9.17) is 4.52 Å². The third-order valence-corrected chi connectivity index (χ3v) is 5.69. The first-order valence-electron chi connectivity index (χ1n) is 10.8. The van der Waals surface area contributed by atoms with Crippen molar-refractivity contribution < 1.29 is 18.8 Å². The van der Waals surface area contributed by atoms with Crippen LogP contribution in [0.25, 0.3) is 22.8 Å². The van der Waals surface area contributed by atoms with E-state index in [1.807, 2.05) is 36.4 Å². The molecule has 1 N–H and O–H groups in total. The number of rotatable bonds is 7. The van der Waals surface area contributed by atoms with Crippen molar-refractivity contribution in [2.75, 3.05) is 7.11 Å². The number of aromatic nitrogens is 2. The van der Waals surface area contributed by atoms with Crippen molar-refractivity contribution in [1.29, 1.82) is 0 Å². The van der Waals surface area contributed by atoms with Gasteiger partial charge in [0, 0.05) is 11.1 Å². The van der Waals surface area contributed by atoms with Crippen molar-refractivity contribution in [3.8, 4) is 22.8 Å². The van der Waals surface area contributed by atoms with Crippen LogP contribution in [0.4, 0.5) is 0 Å². The number of methoxy groups -OCH3 is 1. The summed E-state index contributed by atoms with van der Waals surface area (Å²) >= 11 is 0. The highest BCUT2D eigenvalue weighted by molar-refractivity contribution is 5.86. The molecule has 0 spiro atoms. The maximum Gasteiger partial charge on any atom is 0.306 e. The predicted molar refractivity (Wildman–Crippen MR) is 119 cm³/mol. The number of carbonyl (C=O) groups excluding carboxylic acids is 2. The monoisotopic (exact) mass is 433 g/mol. The predicted octanol–water partition coefficient (Wildman–Crippen LogP) is 4.34. The van der Waals surface area contributed by atoms with Gasteiger partial charge in [-0.05, 0) is 42.0 Å². The molecule has 7 heteroatoms. The zero-order valence-corrected chi connectivity index (χ0v) is 18.5. The average Bonchev–Trinajstić information content (AvgIpc) is 3.41. The van der Waals surface area contributed by atoms with Crippen molar-refractivity contribution in [2.24, 2.45) is 11.8 Å². The number of hydrogen-bond acceptors (Lipinski definition) is 6. The molecule has 1 aliphatic heterocycles. The fourth-order valence-electron chi connectivity index (χ4n) is 4.00. The summed E-state index contributed by atoms with van der Waals surface area (Å²) in [6, 6.07) is 15.8. The first-order valence-corrected chi connectivity index (χ1v) is 10.8. The van der Waals surface area contributed by atoms with Crippen LogP contribution in [0.5, 0.6) is 0 Å². The third kappa shape index (κ3) is 4.88. The van der Waals surface area contributed by atoms with Crippen molar-refractivity contribution in [3.63, 3.8) is 0 Å². The van der Waals surface area contributed by atoms with Crippen LogP contribution in [-0.2, 0) is 20.7 Å². The quantitative estimate of drug-likeness (QED) is 0.557. The van der Waals surface area contributed by atoms with Gasteiger partial charge in [0.25, 0.3) is 5.89 Å². The number of benzene rings is 2. The van der Waals surface area contributed by atoms with E-state index in [0.29, 0.717) is 24.1 Å². The van der Waals surface area contributed by atoms with E-state index in [9.17, 15) is 9.59 Å². The van der Waals surface area contributed by atoms with Gasteiger partial charge >= 0.3 is 5.97 Å². The minimum atomic E-state index is -0.372. The molecule has 1 saturated heterocycles. The molecule has 2 atom stereocenters. The molecule has 1 fully saturated rings. The van der Waals surface area contributed by atoms with Crippen LogP contribution in [-0.4, -0.2) is 29.1 Å². The van der Waals surface area contributed by atoms with E-state index >= 15 is 0 Å². The van der Waals surface area contributed by atoms with Gasteiger partial charge in [-0.1, -0.05) is 55.4 Å². The van der Waals surface area contributed by atoms with Gasteiger partial charge in [-0.15, -0.1) is 0 Å². The number of ether oxygens (including phenoxy) is 1. The molecule has 2 heterocycles. The largest absolute Gasteiger partial charge is 0.469 e. The Bertz CT molecular complexity index is 1090. The lowest BCUT2D eigenvalue weighted by Gasteiger charge is -2.10. The van der Waals surface area contributed by atoms with E-state index in [2.05, 4.69) is 46.2 Å². The van der Waals surface area contributed by atoms with Crippen molar-refractivity contribution in [1.82, 2.24) is 15.5 Å². The summed E-state index contributed by atoms with van der Waals surface area (Å²) in [7, 11) is 1.33. The standard InChI is InChI=1S/C25H27N3O4/c1-15(2)12-16-4-6-19(7-5-16)25-27-23(28-32-25)18-10-8-17(9-11-18)21-13-20(24(30)26-21)14-22(29)31-3/h4-11,15,20-21H,12-14H2,1-3H3,(H,26,30). The summed E-state index contributed by atoms with van der Waals surface area (Å²) in [5, 5.41) is 7.07. The molecule has 2 aromatic carbocycles. The van der Waals surface area contributed by atoms with Crippen LogP contribution in [0.1, 0.15) is 43.9 Å². The molecule has 1 aromatic heterocycles. The highest BCUT2D eigenvalue weighted by Crippen LogP contribution is 2.31. The van der Waals surface area contributed by atoms with Crippen LogP contribution in [0.3, 0.4) is 0 Å². The molecule has 7 nitrogen and oxygen atoms in total. The van der Waals surface area contributed by atoms with Crippen molar-refractivity contribution >= 4 is 11.9 Å². The van der Waals surface area contributed by atoms with Crippen LogP contribution >= 0.6 is 0 Å². The highest BCUT2D eigenvalue weighted by Gasteiger charge is 2.34.